The van der Waals surface area contributed by atoms with E-state index in [4.69, 9.17) is 11.6 Å². The Labute approximate surface area is 188 Å². The molecule has 4 rings (SSSR count). The van der Waals surface area contributed by atoms with Gasteiger partial charge in [0.2, 0.25) is 10.0 Å². The van der Waals surface area contributed by atoms with Crippen LogP contribution in [-0.4, -0.2) is 46.5 Å². The Morgan fingerprint density at radius 2 is 2.03 bits per heavy atom. The van der Waals surface area contributed by atoms with E-state index in [1.165, 1.54) is 16.4 Å². The molecule has 168 valence electrons. The van der Waals surface area contributed by atoms with Crippen LogP contribution in [0, 0.1) is 5.92 Å². The van der Waals surface area contributed by atoms with E-state index in [2.05, 4.69) is 20.1 Å². The number of benzene rings is 1. The molecular weight excluding hydrogens is 438 g/mol. The van der Waals surface area contributed by atoms with Gasteiger partial charge < -0.3 is 9.88 Å². The van der Waals surface area contributed by atoms with Crippen molar-refractivity contribution < 1.29 is 13.2 Å². The van der Waals surface area contributed by atoms with Crippen LogP contribution >= 0.6 is 11.6 Å². The lowest BCUT2D eigenvalue weighted by Gasteiger charge is -2.30. The smallest absolute Gasteiger partial charge is 0.251 e. The lowest BCUT2D eigenvalue weighted by atomic mass is 10.0. The number of carbonyl (C=O) groups excluding carboxylic acids is 1. The highest BCUT2D eigenvalue weighted by atomic mass is 35.5. The second kappa shape index (κ2) is 9.26. The van der Waals surface area contributed by atoms with Crippen LogP contribution in [0.25, 0.3) is 0 Å². The summed E-state index contributed by atoms with van der Waals surface area (Å²) >= 11 is 6.24. The number of amides is 1. The largest absolute Gasteiger partial charge is 0.345 e. The van der Waals surface area contributed by atoms with Gasteiger partial charge in [0.15, 0.2) is 5.82 Å². The molecule has 1 amide bonds. The van der Waals surface area contributed by atoms with Gasteiger partial charge in [-0.05, 0) is 49.8 Å². The van der Waals surface area contributed by atoms with Crippen molar-refractivity contribution in [3.05, 3.63) is 40.4 Å². The SMILES string of the molecule is CC1CCCN(S(=O)(=O)c2cc(C(=O)NCc3nnc4n3CCCCC4)ccc2Cl)C1. The maximum Gasteiger partial charge on any atom is 0.251 e. The Balaban J connectivity index is 1.50. The molecule has 1 fully saturated rings. The third kappa shape index (κ3) is 4.78. The topological polar surface area (TPSA) is 97.2 Å². The van der Waals surface area contributed by atoms with E-state index in [1.807, 2.05) is 6.92 Å². The van der Waals surface area contributed by atoms with E-state index >= 15 is 0 Å². The van der Waals surface area contributed by atoms with Gasteiger partial charge in [-0.15, -0.1) is 10.2 Å². The van der Waals surface area contributed by atoms with Crippen LogP contribution in [0.1, 0.15) is 61.0 Å². The van der Waals surface area contributed by atoms with Gasteiger partial charge in [0.05, 0.1) is 11.6 Å². The van der Waals surface area contributed by atoms with Crippen LogP contribution in [0.5, 0.6) is 0 Å². The van der Waals surface area contributed by atoms with Crippen LogP contribution in [0.15, 0.2) is 23.1 Å². The van der Waals surface area contributed by atoms with Gasteiger partial charge >= 0.3 is 0 Å². The van der Waals surface area contributed by atoms with Gasteiger partial charge in [-0.1, -0.05) is 24.9 Å². The minimum absolute atomic E-state index is 0.0211. The molecule has 1 aromatic heterocycles. The summed E-state index contributed by atoms with van der Waals surface area (Å²) in [6.07, 6.45) is 6.05. The van der Waals surface area contributed by atoms with Crippen LogP contribution in [-0.2, 0) is 29.5 Å². The average Bonchev–Trinajstić information content (AvgIpc) is 2.98. The number of aromatic nitrogens is 3. The average molecular weight is 466 g/mol. The van der Waals surface area contributed by atoms with E-state index in [9.17, 15) is 13.2 Å². The van der Waals surface area contributed by atoms with Crippen molar-refractivity contribution in [3.8, 4) is 0 Å². The first-order valence-corrected chi connectivity index (χ1v) is 12.7. The van der Waals surface area contributed by atoms with Crippen molar-refractivity contribution >= 4 is 27.5 Å². The van der Waals surface area contributed by atoms with Crippen LogP contribution in [0.2, 0.25) is 5.02 Å². The molecule has 31 heavy (non-hydrogen) atoms. The molecule has 1 N–H and O–H groups in total. The quantitative estimate of drug-likeness (QED) is 0.732. The molecule has 2 aliphatic rings. The molecule has 0 spiro atoms. The summed E-state index contributed by atoms with van der Waals surface area (Å²) < 4.78 is 29.8. The number of hydrogen-bond acceptors (Lipinski definition) is 5. The molecule has 0 radical (unpaired) electrons. The maximum atomic E-state index is 13.2. The first-order chi connectivity index (χ1) is 14.9. The number of carbonyl (C=O) groups is 1. The van der Waals surface area contributed by atoms with Gasteiger partial charge in [0.1, 0.15) is 10.7 Å². The number of nitrogens with one attached hydrogen (secondary N) is 1. The highest BCUT2D eigenvalue weighted by Crippen LogP contribution is 2.29. The number of piperidine rings is 1. The Bertz CT molecular complexity index is 1070. The number of rotatable bonds is 5. The molecular formula is C21H28ClN5O3S. The van der Waals surface area contributed by atoms with Crippen molar-refractivity contribution in [1.29, 1.82) is 0 Å². The molecule has 1 atom stereocenters. The summed E-state index contributed by atoms with van der Waals surface area (Å²) in [4.78, 5) is 12.8. The monoisotopic (exact) mass is 465 g/mol. The molecule has 8 nitrogen and oxygen atoms in total. The van der Waals surface area contributed by atoms with E-state index in [0.717, 1.165) is 56.7 Å². The third-order valence-electron chi connectivity index (χ3n) is 6.02. The normalized spacial score (nSPS) is 20.1. The Kier molecular flexibility index (Phi) is 6.64. The van der Waals surface area contributed by atoms with E-state index in [-0.39, 0.29) is 27.9 Å². The molecule has 0 bridgehead atoms. The molecule has 2 aromatic rings. The van der Waals surface area contributed by atoms with Gasteiger partial charge in [0, 0.05) is 31.6 Å². The molecule has 3 heterocycles. The minimum atomic E-state index is -3.76. The number of sulfonamides is 1. The number of fused-ring (bicyclic) bond motifs is 1. The van der Waals surface area contributed by atoms with Gasteiger partial charge in [-0.3, -0.25) is 4.79 Å². The molecule has 1 aromatic carbocycles. The van der Waals surface area contributed by atoms with Crippen LogP contribution in [0.4, 0.5) is 0 Å². The van der Waals surface area contributed by atoms with Crippen molar-refractivity contribution in [2.75, 3.05) is 13.1 Å². The van der Waals surface area contributed by atoms with E-state index in [0.29, 0.717) is 19.0 Å². The summed E-state index contributed by atoms with van der Waals surface area (Å²) in [6, 6.07) is 4.39. The lowest BCUT2D eigenvalue weighted by molar-refractivity contribution is 0.0949. The number of nitrogens with zero attached hydrogens (tertiary/aromatic N) is 4. The minimum Gasteiger partial charge on any atom is -0.345 e. The van der Waals surface area contributed by atoms with Crippen LogP contribution in [0.3, 0.4) is 0 Å². The third-order valence-corrected chi connectivity index (χ3v) is 8.37. The number of aryl methyl sites for hydroxylation is 1. The zero-order chi connectivity index (χ0) is 22.0. The first-order valence-electron chi connectivity index (χ1n) is 10.8. The molecule has 0 aliphatic carbocycles. The fourth-order valence-corrected chi connectivity index (χ4v) is 6.38. The van der Waals surface area contributed by atoms with Gasteiger partial charge in [0.25, 0.3) is 5.91 Å². The van der Waals surface area contributed by atoms with Crippen LogP contribution < -0.4 is 5.32 Å². The predicted molar refractivity (Wildman–Crippen MR) is 117 cm³/mol. The summed E-state index contributed by atoms with van der Waals surface area (Å²) in [5.74, 6) is 1.60. The summed E-state index contributed by atoms with van der Waals surface area (Å²) in [6.45, 7) is 4.06. The van der Waals surface area contributed by atoms with Gasteiger partial charge in [-0.2, -0.15) is 4.31 Å². The van der Waals surface area contributed by atoms with Crippen molar-refractivity contribution in [1.82, 2.24) is 24.4 Å². The second-order valence-electron chi connectivity index (χ2n) is 8.43. The predicted octanol–water partition coefficient (Wildman–Crippen LogP) is 3.01. The Morgan fingerprint density at radius 3 is 2.84 bits per heavy atom. The summed E-state index contributed by atoms with van der Waals surface area (Å²) in [5, 5.41) is 11.4. The van der Waals surface area contributed by atoms with Gasteiger partial charge in [-0.25, -0.2) is 8.42 Å². The van der Waals surface area contributed by atoms with E-state index in [1.54, 1.807) is 6.07 Å². The zero-order valence-electron chi connectivity index (χ0n) is 17.7. The maximum absolute atomic E-state index is 13.2. The first kappa shape index (κ1) is 22.2. The molecule has 2 aliphatic heterocycles. The standard InChI is InChI=1S/C21H28ClN5O3S/c1-15-6-5-10-26(14-15)31(29,30)18-12-16(8-9-17(18)22)21(28)23-13-20-25-24-19-7-3-2-4-11-27(19)20/h8-9,12,15H,2-7,10-11,13-14H2,1H3,(H,23,28). The fraction of sp³-hybridized carbons (Fsp3) is 0.571. The second-order valence-corrected chi connectivity index (χ2v) is 10.7. The molecule has 10 heteroatoms. The number of halogens is 1. The Hall–Kier alpha value is -1.97. The van der Waals surface area contributed by atoms with E-state index < -0.39 is 10.0 Å². The Morgan fingerprint density at radius 1 is 1.19 bits per heavy atom. The number of hydrogen-bond donors (Lipinski definition) is 1. The lowest BCUT2D eigenvalue weighted by Crippen LogP contribution is -2.39. The summed E-state index contributed by atoms with van der Waals surface area (Å²) in [7, 11) is -3.76. The highest BCUT2D eigenvalue weighted by molar-refractivity contribution is 7.89. The zero-order valence-corrected chi connectivity index (χ0v) is 19.3. The molecule has 0 saturated carbocycles. The fourth-order valence-electron chi connectivity index (χ4n) is 4.28. The highest BCUT2D eigenvalue weighted by Gasteiger charge is 2.31. The molecule has 1 unspecified atom stereocenters. The summed E-state index contributed by atoms with van der Waals surface area (Å²) in [5.41, 5.74) is 0.253. The van der Waals surface area contributed by atoms with Crippen molar-refractivity contribution in [3.63, 3.8) is 0 Å². The molecule has 1 saturated heterocycles. The van der Waals surface area contributed by atoms with Crippen molar-refractivity contribution in [2.24, 2.45) is 5.92 Å². The van der Waals surface area contributed by atoms with Crippen molar-refractivity contribution in [2.45, 2.75) is 63.4 Å².